The fourth-order valence-corrected chi connectivity index (χ4v) is 6.65. The Kier molecular flexibility index (Phi) is 7.05. The second-order valence-corrected chi connectivity index (χ2v) is 12.5. The van der Waals surface area contributed by atoms with Gasteiger partial charge in [0.1, 0.15) is 22.6 Å². The van der Waals surface area contributed by atoms with Gasteiger partial charge in [-0.3, -0.25) is 16.2 Å². The molecule has 0 spiro atoms. The number of fused-ring (bicyclic) bond motifs is 20. The Bertz CT molecular complexity index is 2940. The largest absolute Gasteiger partial charge is 0.388 e. The van der Waals surface area contributed by atoms with Crippen molar-refractivity contribution in [1.82, 2.24) is 39.9 Å². The van der Waals surface area contributed by atoms with Gasteiger partial charge in [-0.25, -0.2) is 29.9 Å². The number of hydrogen-bond acceptors (Lipinski definition) is 10. The Morgan fingerprint density at radius 3 is 1.22 bits per heavy atom. The van der Waals surface area contributed by atoms with Crippen LogP contribution in [-0.2, 0) is 0 Å². The Morgan fingerprint density at radius 1 is 0.444 bits per heavy atom. The molecule has 4 aromatic carbocycles. The second-order valence-electron chi connectivity index (χ2n) is 12.5. The number of anilines is 4. The van der Waals surface area contributed by atoms with E-state index in [0.717, 1.165) is 27.6 Å². The molecule has 15 N–H and O–H groups in total. The van der Waals surface area contributed by atoms with Crippen molar-refractivity contribution in [3.05, 3.63) is 72.8 Å². The van der Waals surface area contributed by atoms with Crippen molar-refractivity contribution in [3.63, 3.8) is 0 Å². The molecule has 0 unspecified atom stereocenters. The van der Waals surface area contributed by atoms with Crippen LogP contribution < -0.4 is 38.5 Å². The molecular weight excluding hydrogens is 685 g/mol. The van der Waals surface area contributed by atoms with E-state index in [4.69, 9.17) is 63.3 Å². The van der Waals surface area contributed by atoms with E-state index in [9.17, 15) is 0 Å². The zero-order valence-corrected chi connectivity index (χ0v) is 28.3. The molecule has 0 saturated heterocycles. The summed E-state index contributed by atoms with van der Waals surface area (Å²) in [6.07, 6.45) is 0. The van der Waals surface area contributed by atoms with E-state index in [2.05, 4.69) is 31.2 Å². The first-order valence-electron chi connectivity index (χ1n) is 16.5. The number of rotatable bonds is 4. The van der Waals surface area contributed by atoms with Crippen molar-refractivity contribution in [3.8, 4) is 45.6 Å². The molecule has 0 fully saturated rings. The molecule has 5 heterocycles. The monoisotopic (exact) mass is 714 g/mol. The molecule has 0 atom stereocenters. The lowest BCUT2D eigenvalue weighted by atomic mass is 10.1. The van der Waals surface area contributed by atoms with Gasteiger partial charge in [0.15, 0.2) is 41.2 Å². The maximum absolute atomic E-state index is 7.80. The van der Waals surface area contributed by atoms with E-state index >= 15 is 0 Å². The van der Waals surface area contributed by atoms with Crippen LogP contribution in [0.15, 0.2) is 72.8 Å². The molecule has 54 heavy (non-hydrogen) atoms. The van der Waals surface area contributed by atoms with Crippen molar-refractivity contribution in [1.29, 1.82) is 16.2 Å². The highest BCUT2D eigenvalue weighted by Gasteiger charge is 2.23. The first-order valence-corrected chi connectivity index (χ1v) is 16.5. The number of nitrogens with zero attached hydrogens (tertiary/aromatic N) is 6. The lowest BCUT2D eigenvalue weighted by Gasteiger charge is -2.06. The SMILES string of the molecule is CNc1ccc2c(c1)-c1nc-2nc2[nH]c(nc3nc(nc4[nH]c(n1)c1ccc(NC(=N)N)cc41)-c1ccc(NC(=N)N)cc1-3)c1ccc(NC(=N)N)cc21. The Labute approximate surface area is 304 Å². The summed E-state index contributed by atoms with van der Waals surface area (Å²) in [5, 5.41) is 38.0. The summed E-state index contributed by atoms with van der Waals surface area (Å²) in [7, 11) is 1.84. The maximum atomic E-state index is 7.80. The summed E-state index contributed by atoms with van der Waals surface area (Å²) in [5.41, 5.74) is 24.4. The Balaban J connectivity index is 1.44. The molecule has 2 aliphatic heterocycles. The molecule has 18 nitrogen and oxygen atoms in total. The molecular formula is C36H30N18. The normalized spacial score (nSPS) is 11.5. The highest BCUT2D eigenvalue weighted by Crippen LogP contribution is 2.39. The van der Waals surface area contributed by atoms with Gasteiger partial charge in [-0.05, 0) is 72.8 Å². The van der Waals surface area contributed by atoms with E-state index < -0.39 is 0 Å². The minimum absolute atomic E-state index is 0.209. The Hall–Kier alpha value is -8.15. The van der Waals surface area contributed by atoms with Crippen LogP contribution in [0.1, 0.15) is 0 Å². The van der Waals surface area contributed by atoms with Gasteiger partial charge in [0, 0.05) is 73.6 Å². The second kappa shape index (κ2) is 12.0. The number of aromatic amines is 2. The van der Waals surface area contributed by atoms with E-state index in [0.29, 0.717) is 84.8 Å². The summed E-state index contributed by atoms with van der Waals surface area (Å²) >= 11 is 0. The third-order valence-corrected chi connectivity index (χ3v) is 8.96. The molecule has 8 bridgehead atoms. The van der Waals surface area contributed by atoms with Crippen molar-refractivity contribution >= 4 is 84.8 Å². The van der Waals surface area contributed by atoms with Crippen LogP contribution in [0.4, 0.5) is 22.7 Å². The lowest BCUT2D eigenvalue weighted by molar-refractivity contribution is 1.19. The van der Waals surface area contributed by atoms with Gasteiger partial charge in [-0.2, -0.15) is 0 Å². The zero-order valence-electron chi connectivity index (χ0n) is 28.3. The van der Waals surface area contributed by atoms with Gasteiger partial charge >= 0.3 is 0 Å². The van der Waals surface area contributed by atoms with E-state index in [-0.39, 0.29) is 17.9 Å². The number of H-pyrrole nitrogens is 2. The minimum Gasteiger partial charge on any atom is -0.388 e. The standard InChI is InChI=1S/C36H30N18/c1-43-14-2-6-18-22(10-14)30-47-26(18)49-31-24-12-16(45-35(39)40)4-8-20(24)28(51-31)53-33-25-13-17(46-36(41)42)5-9-21(25)29(54-33)52-32-23-11-15(44-34(37)38)3-7-19(23)27(48-30)50-32/h2-13,43H,1H3,(H4,37,38,44)(H4,39,40,45)(H4,41,42,46)(H2,47,48,49,50,51,52,53,54). The predicted octanol–water partition coefficient (Wildman–Crippen LogP) is 4.83. The van der Waals surface area contributed by atoms with Crippen molar-refractivity contribution in [2.75, 3.05) is 28.3 Å². The topological polar surface area (TPSA) is 307 Å². The van der Waals surface area contributed by atoms with Gasteiger partial charge in [0.25, 0.3) is 0 Å². The van der Waals surface area contributed by atoms with Gasteiger partial charge in [0.05, 0.1) is 0 Å². The van der Waals surface area contributed by atoms with Crippen LogP contribution in [0, 0.1) is 16.2 Å². The number of nitrogens with one attached hydrogen (secondary N) is 9. The zero-order chi connectivity index (χ0) is 37.2. The van der Waals surface area contributed by atoms with Crippen molar-refractivity contribution in [2.24, 2.45) is 17.2 Å². The highest BCUT2D eigenvalue weighted by atomic mass is 15.1. The highest BCUT2D eigenvalue weighted by molar-refractivity contribution is 6.09. The van der Waals surface area contributed by atoms with Crippen LogP contribution in [0.2, 0.25) is 0 Å². The van der Waals surface area contributed by atoms with Crippen molar-refractivity contribution < 1.29 is 0 Å². The first kappa shape index (κ1) is 31.8. The number of benzene rings is 4. The molecule has 7 aromatic rings. The summed E-state index contributed by atoms with van der Waals surface area (Å²) < 4.78 is 0. The number of hydrogen-bond donors (Lipinski definition) is 12. The molecule has 0 amide bonds. The summed E-state index contributed by atoms with van der Waals surface area (Å²) in [4.78, 5) is 36.9. The molecule has 2 aliphatic rings. The van der Waals surface area contributed by atoms with Crippen LogP contribution in [0.5, 0.6) is 0 Å². The minimum atomic E-state index is -0.220. The quantitative estimate of drug-likeness (QED) is 0.0860. The van der Waals surface area contributed by atoms with Crippen molar-refractivity contribution in [2.45, 2.75) is 0 Å². The predicted molar refractivity (Wildman–Crippen MR) is 212 cm³/mol. The van der Waals surface area contributed by atoms with E-state index in [1.165, 1.54) is 0 Å². The Morgan fingerprint density at radius 2 is 0.796 bits per heavy atom. The molecule has 3 aromatic heterocycles. The van der Waals surface area contributed by atoms with Crippen LogP contribution in [-0.4, -0.2) is 64.8 Å². The third-order valence-electron chi connectivity index (χ3n) is 8.96. The van der Waals surface area contributed by atoms with Gasteiger partial charge in [-0.15, -0.1) is 0 Å². The number of nitrogens with two attached hydrogens (primary N) is 3. The number of guanidine groups is 3. The van der Waals surface area contributed by atoms with E-state index in [1.807, 2.05) is 61.6 Å². The molecule has 18 heteroatoms. The van der Waals surface area contributed by atoms with Gasteiger partial charge < -0.3 is 48.4 Å². The third kappa shape index (κ3) is 5.42. The average molecular weight is 715 g/mol. The van der Waals surface area contributed by atoms with Crippen LogP contribution >= 0.6 is 0 Å². The summed E-state index contributed by atoms with van der Waals surface area (Å²) in [6, 6.07) is 22.3. The fraction of sp³-hybridized carbons (Fsp3) is 0.0278. The number of aromatic nitrogens is 8. The van der Waals surface area contributed by atoms with Crippen LogP contribution in [0.3, 0.4) is 0 Å². The maximum Gasteiger partial charge on any atom is 0.190 e. The molecule has 0 radical (unpaired) electrons. The molecule has 264 valence electrons. The lowest BCUT2D eigenvalue weighted by Crippen LogP contribution is -2.20. The molecule has 0 aliphatic carbocycles. The van der Waals surface area contributed by atoms with Gasteiger partial charge in [0.2, 0.25) is 0 Å². The van der Waals surface area contributed by atoms with E-state index in [1.54, 1.807) is 18.2 Å². The fourth-order valence-electron chi connectivity index (χ4n) is 6.65. The first-order chi connectivity index (χ1) is 26.1. The molecule has 9 rings (SSSR count). The summed E-state index contributed by atoms with van der Waals surface area (Å²) in [5.74, 6) is 0.933. The van der Waals surface area contributed by atoms with Crippen LogP contribution in [0.25, 0.3) is 89.7 Å². The van der Waals surface area contributed by atoms with Gasteiger partial charge in [-0.1, -0.05) is 0 Å². The summed E-state index contributed by atoms with van der Waals surface area (Å²) in [6.45, 7) is 0. The average Bonchev–Trinajstić information content (AvgIpc) is 3.85. The molecule has 0 saturated carbocycles. The smallest absolute Gasteiger partial charge is 0.190 e.